The van der Waals surface area contributed by atoms with Crippen LogP contribution >= 0.6 is 0 Å². The molecule has 0 radical (unpaired) electrons. The van der Waals surface area contributed by atoms with Crippen molar-refractivity contribution in [2.75, 3.05) is 20.6 Å². The van der Waals surface area contributed by atoms with Gasteiger partial charge in [-0.25, -0.2) is 0 Å². The molecule has 24 heavy (non-hydrogen) atoms. The molecular weight excluding hydrogens is 304 g/mol. The van der Waals surface area contributed by atoms with Gasteiger partial charge in [0.05, 0.1) is 17.4 Å². The maximum absolute atomic E-state index is 12.9. The first-order chi connectivity index (χ1) is 11.5. The summed E-state index contributed by atoms with van der Waals surface area (Å²) < 4.78 is 5.15. The molecule has 6 nitrogen and oxygen atoms in total. The summed E-state index contributed by atoms with van der Waals surface area (Å²) in [6, 6.07) is 4.17. The van der Waals surface area contributed by atoms with Crippen LogP contribution in [0.15, 0.2) is 22.9 Å². The van der Waals surface area contributed by atoms with E-state index in [4.69, 9.17) is 4.52 Å². The van der Waals surface area contributed by atoms with Gasteiger partial charge in [0, 0.05) is 19.3 Å². The summed E-state index contributed by atoms with van der Waals surface area (Å²) in [5.74, 6) is 0.574. The number of pyridine rings is 1. The smallest absolute Gasteiger partial charge is 0.259 e. The van der Waals surface area contributed by atoms with Gasteiger partial charge < -0.3 is 14.3 Å². The Labute approximate surface area is 142 Å². The zero-order valence-electron chi connectivity index (χ0n) is 14.7. The van der Waals surface area contributed by atoms with Gasteiger partial charge in [0.1, 0.15) is 11.3 Å². The maximum atomic E-state index is 12.9. The summed E-state index contributed by atoms with van der Waals surface area (Å²) in [7, 11) is 4.07. The van der Waals surface area contributed by atoms with Crippen LogP contribution in [0.2, 0.25) is 0 Å². The van der Waals surface area contributed by atoms with E-state index in [0.29, 0.717) is 17.0 Å². The van der Waals surface area contributed by atoms with Gasteiger partial charge in [0.15, 0.2) is 0 Å². The van der Waals surface area contributed by atoms with E-state index >= 15 is 0 Å². The molecule has 1 amide bonds. The van der Waals surface area contributed by atoms with E-state index in [2.05, 4.69) is 21.1 Å². The molecule has 1 atom stereocenters. The SMILES string of the molecule is Cc1noc(C)c1C(=O)N1CCC[C@H]1c1ccc(CN(C)C)cn1. The average molecular weight is 328 g/mol. The zero-order valence-corrected chi connectivity index (χ0v) is 14.7. The monoisotopic (exact) mass is 328 g/mol. The lowest BCUT2D eigenvalue weighted by molar-refractivity contribution is 0.0730. The molecule has 0 aromatic carbocycles. The number of nitrogens with zero attached hydrogens (tertiary/aromatic N) is 4. The van der Waals surface area contributed by atoms with Crippen molar-refractivity contribution >= 4 is 5.91 Å². The predicted molar refractivity (Wildman–Crippen MR) is 90.6 cm³/mol. The van der Waals surface area contributed by atoms with Gasteiger partial charge in [0.2, 0.25) is 0 Å². The molecule has 1 aliphatic rings. The second-order valence-electron chi connectivity index (χ2n) is 6.68. The molecule has 6 heteroatoms. The quantitative estimate of drug-likeness (QED) is 0.863. The summed E-state index contributed by atoms with van der Waals surface area (Å²) >= 11 is 0. The number of rotatable bonds is 4. The first-order valence-electron chi connectivity index (χ1n) is 8.30. The highest BCUT2D eigenvalue weighted by Crippen LogP contribution is 2.33. The van der Waals surface area contributed by atoms with Gasteiger partial charge in [0.25, 0.3) is 5.91 Å². The van der Waals surface area contributed by atoms with Crippen molar-refractivity contribution in [1.82, 2.24) is 19.9 Å². The van der Waals surface area contributed by atoms with Crippen LogP contribution in [0, 0.1) is 13.8 Å². The molecule has 128 valence electrons. The molecule has 0 aliphatic carbocycles. The van der Waals surface area contributed by atoms with Crippen LogP contribution in [0.5, 0.6) is 0 Å². The second-order valence-corrected chi connectivity index (χ2v) is 6.68. The van der Waals surface area contributed by atoms with E-state index in [1.54, 1.807) is 6.92 Å². The number of likely N-dealkylation sites (tertiary alicyclic amines) is 1. The number of aryl methyl sites for hydroxylation is 2. The van der Waals surface area contributed by atoms with Crippen molar-refractivity contribution in [3.05, 3.63) is 46.6 Å². The van der Waals surface area contributed by atoms with Crippen molar-refractivity contribution in [2.45, 2.75) is 39.3 Å². The van der Waals surface area contributed by atoms with Crippen molar-refractivity contribution in [2.24, 2.45) is 0 Å². The molecule has 1 aliphatic heterocycles. The molecule has 0 N–H and O–H groups in total. The summed E-state index contributed by atoms with van der Waals surface area (Å²) in [5, 5.41) is 3.90. The Morgan fingerprint density at radius 2 is 2.17 bits per heavy atom. The summed E-state index contributed by atoms with van der Waals surface area (Å²) in [5.41, 5.74) is 3.36. The maximum Gasteiger partial charge on any atom is 0.259 e. The third kappa shape index (κ3) is 3.19. The van der Waals surface area contributed by atoms with Gasteiger partial charge in [-0.1, -0.05) is 11.2 Å². The molecule has 0 spiro atoms. The van der Waals surface area contributed by atoms with E-state index in [9.17, 15) is 4.79 Å². The van der Waals surface area contributed by atoms with E-state index in [1.165, 1.54) is 5.56 Å². The number of hydrogen-bond donors (Lipinski definition) is 0. The molecule has 0 unspecified atom stereocenters. The van der Waals surface area contributed by atoms with Crippen LogP contribution in [0.25, 0.3) is 0 Å². The van der Waals surface area contributed by atoms with Crippen LogP contribution in [0.4, 0.5) is 0 Å². The third-order valence-electron chi connectivity index (χ3n) is 4.45. The molecule has 0 saturated carbocycles. The lowest BCUT2D eigenvalue weighted by atomic mass is 10.1. The van der Waals surface area contributed by atoms with Gasteiger partial charge in [-0.2, -0.15) is 0 Å². The van der Waals surface area contributed by atoms with Crippen LogP contribution in [-0.4, -0.2) is 46.5 Å². The summed E-state index contributed by atoms with van der Waals surface area (Å²) in [6.07, 6.45) is 3.84. The van der Waals surface area contributed by atoms with Crippen LogP contribution in [-0.2, 0) is 6.54 Å². The molecule has 2 aromatic rings. The van der Waals surface area contributed by atoms with Crippen LogP contribution < -0.4 is 0 Å². The number of carbonyl (C=O) groups is 1. The molecule has 1 fully saturated rings. The Hall–Kier alpha value is -2.21. The van der Waals surface area contributed by atoms with Gasteiger partial charge in [-0.05, 0) is 52.4 Å². The lowest BCUT2D eigenvalue weighted by Crippen LogP contribution is -2.31. The van der Waals surface area contributed by atoms with Crippen LogP contribution in [0.1, 0.15) is 52.0 Å². The topological polar surface area (TPSA) is 62.5 Å². The van der Waals surface area contributed by atoms with Gasteiger partial charge in [-0.15, -0.1) is 0 Å². The minimum atomic E-state index is -0.00656. The van der Waals surface area contributed by atoms with Crippen LogP contribution in [0.3, 0.4) is 0 Å². The molecule has 3 rings (SSSR count). The van der Waals surface area contributed by atoms with Crippen molar-refractivity contribution < 1.29 is 9.32 Å². The lowest BCUT2D eigenvalue weighted by Gasteiger charge is -2.24. The fraction of sp³-hybridized carbons (Fsp3) is 0.500. The van der Waals surface area contributed by atoms with E-state index < -0.39 is 0 Å². The Bertz CT molecular complexity index is 702. The van der Waals surface area contributed by atoms with Crippen molar-refractivity contribution in [1.29, 1.82) is 0 Å². The average Bonchev–Trinajstić information content (AvgIpc) is 3.14. The molecular formula is C18H24N4O2. The number of hydrogen-bond acceptors (Lipinski definition) is 5. The number of amides is 1. The largest absolute Gasteiger partial charge is 0.361 e. The predicted octanol–water partition coefficient (Wildman–Crippen LogP) is 2.73. The molecule has 1 saturated heterocycles. The zero-order chi connectivity index (χ0) is 17.3. The Morgan fingerprint density at radius 1 is 1.38 bits per heavy atom. The highest BCUT2D eigenvalue weighted by Gasteiger charge is 2.34. The highest BCUT2D eigenvalue weighted by molar-refractivity contribution is 5.96. The fourth-order valence-electron chi connectivity index (χ4n) is 3.34. The number of carbonyl (C=O) groups excluding carboxylic acids is 1. The molecule has 2 aromatic heterocycles. The first-order valence-corrected chi connectivity index (χ1v) is 8.30. The first kappa shape index (κ1) is 16.6. The summed E-state index contributed by atoms with van der Waals surface area (Å²) in [4.78, 5) is 21.6. The van der Waals surface area contributed by atoms with Crippen molar-refractivity contribution in [3.63, 3.8) is 0 Å². The van der Waals surface area contributed by atoms with E-state index in [-0.39, 0.29) is 11.9 Å². The van der Waals surface area contributed by atoms with Gasteiger partial charge in [-0.3, -0.25) is 9.78 Å². The standard InChI is InChI=1S/C18H24N4O2/c1-12-17(13(2)24-20-12)18(23)22-9-5-6-16(22)15-8-7-14(10-19-15)11-21(3)4/h7-8,10,16H,5-6,9,11H2,1-4H3/t16-/m0/s1. The minimum absolute atomic E-state index is 0.00656. The Kier molecular flexibility index (Phi) is 4.66. The highest BCUT2D eigenvalue weighted by atomic mass is 16.5. The molecule has 0 bridgehead atoms. The second kappa shape index (κ2) is 6.73. The normalized spacial score (nSPS) is 17.7. The van der Waals surface area contributed by atoms with E-state index in [0.717, 1.165) is 31.6 Å². The number of aromatic nitrogens is 2. The van der Waals surface area contributed by atoms with E-state index in [1.807, 2.05) is 38.2 Å². The third-order valence-corrected chi connectivity index (χ3v) is 4.45. The summed E-state index contributed by atoms with van der Waals surface area (Å²) in [6.45, 7) is 5.20. The molecule has 3 heterocycles. The van der Waals surface area contributed by atoms with Crippen molar-refractivity contribution in [3.8, 4) is 0 Å². The Balaban J connectivity index is 1.82. The fourth-order valence-corrected chi connectivity index (χ4v) is 3.34. The minimum Gasteiger partial charge on any atom is -0.361 e. The Morgan fingerprint density at radius 3 is 2.75 bits per heavy atom. The van der Waals surface area contributed by atoms with Gasteiger partial charge >= 0.3 is 0 Å².